The second-order valence-corrected chi connectivity index (χ2v) is 5.45. The molecule has 1 aromatic rings. The van der Waals surface area contributed by atoms with E-state index in [2.05, 4.69) is 10.6 Å². The van der Waals surface area contributed by atoms with Crippen molar-refractivity contribution in [2.45, 2.75) is 24.3 Å². The summed E-state index contributed by atoms with van der Waals surface area (Å²) >= 11 is 0. The van der Waals surface area contributed by atoms with E-state index in [0.29, 0.717) is 0 Å². The van der Waals surface area contributed by atoms with Crippen LogP contribution in [0.25, 0.3) is 0 Å². The number of benzene rings is 1. The summed E-state index contributed by atoms with van der Waals surface area (Å²) in [6.07, 6.45) is 4.79. The summed E-state index contributed by atoms with van der Waals surface area (Å²) in [7, 11) is -3.88. The van der Waals surface area contributed by atoms with E-state index in [1.165, 1.54) is 12.1 Å². The molecule has 0 radical (unpaired) electrons. The summed E-state index contributed by atoms with van der Waals surface area (Å²) in [5.74, 6) is 0.825. The van der Waals surface area contributed by atoms with E-state index in [4.69, 9.17) is 11.5 Å². The maximum Gasteiger partial charge on any atom is 0.322 e. The Bertz CT molecular complexity index is 586. The standard InChI is InChI=1S/C12H13NO4S/c1-3-5-11(12(14)15)13-18(16,17)10-7-4-6-9(2)8-10/h1,4,6-8,11,13H,5H2,2H3,(H,14,15). The number of hydrogen-bond acceptors (Lipinski definition) is 3. The van der Waals surface area contributed by atoms with Crippen molar-refractivity contribution >= 4 is 16.0 Å². The van der Waals surface area contributed by atoms with E-state index >= 15 is 0 Å². The zero-order valence-corrected chi connectivity index (χ0v) is 10.6. The molecule has 1 atom stereocenters. The number of carboxylic acids is 1. The predicted octanol–water partition coefficient (Wildman–Crippen LogP) is 0.750. The molecule has 1 unspecified atom stereocenters. The summed E-state index contributed by atoms with van der Waals surface area (Å²) in [6, 6.07) is 4.86. The topological polar surface area (TPSA) is 83.5 Å². The molecule has 0 saturated heterocycles. The van der Waals surface area contributed by atoms with Crippen LogP contribution in [0.1, 0.15) is 12.0 Å². The minimum absolute atomic E-state index is 0.0192. The van der Waals surface area contributed by atoms with Gasteiger partial charge in [0, 0.05) is 6.42 Å². The van der Waals surface area contributed by atoms with Crippen molar-refractivity contribution in [1.29, 1.82) is 0 Å². The van der Waals surface area contributed by atoms with Gasteiger partial charge in [0.2, 0.25) is 10.0 Å². The first-order valence-corrected chi connectivity index (χ1v) is 6.60. The first kappa shape index (κ1) is 14.2. The van der Waals surface area contributed by atoms with Gasteiger partial charge in [-0.25, -0.2) is 8.42 Å². The minimum Gasteiger partial charge on any atom is -0.480 e. The summed E-state index contributed by atoms with van der Waals surface area (Å²) < 4.78 is 25.9. The summed E-state index contributed by atoms with van der Waals surface area (Å²) in [4.78, 5) is 10.9. The Kier molecular flexibility index (Phi) is 4.48. The zero-order valence-electron chi connectivity index (χ0n) is 9.75. The molecule has 0 fully saturated rings. The fourth-order valence-corrected chi connectivity index (χ4v) is 2.63. The SMILES string of the molecule is C#CCC(NS(=O)(=O)c1cccc(C)c1)C(=O)O. The maximum absolute atomic E-state index is 11.9. The number of rotatable bonds is 5. The molecule has 1 aromatic carbocycles. The van der Waals surface area contributed by atoms with Crippen LogP contribution < -0.4 is 4.72 Å². The number of aryl methyl sites for hydroxylation is 1. The van der Waals surface area contributed by atoms with Crippen LogP contribution in [0, 0.1) is 19.3 Å². The van der Waals surface area contributed by atoms with Crippen molar-refractivity contribution in [3.8, 4) is 12.3 Å². The van der Waals surface area contributed by atoms with Crippen LogP contribution in [-0.4, -0.2) is 25.5 Å². The highest BCUT2D eigenvalue weighted by Crippen LogP contribution is 2.11. The molecule has 0 aliphatic rings. The normalized spacial score (nSPS) is 12.7. The molecule has 2 N–H and O–H groups in total. The third kappa shape index (κ3) is 3.58. The lowest BCUT2D eigenvalue weighted by atomic mass is 10.2. The fraction of sp³-hybridized carbons (Fsp3) is 0.250. The van der Waals surface area contributed by atoms with Crippen molar-refractivity contribution in [1.82, 2.24) is 4.72 Å². The third-order valence-corrected chi connectivity index (χ3v) is 3.69. The van der Waals surface area contributed by atoms with Crippen molar-refractivity contribution in [2.75, 3.05) is 0 Å². The molecule has 18 heavy (non-hydrogen) atoms. The molecule has 0 saturated carbocycles. The molecule has 0 heterocycles. The molecule has 6 heteroatoms. The van der Waals surface area contributed by atoms with Crippen LogP contribution in [0.15, 0.2) is 29.2 Å². The van der Waals surface area contributed by atoms with Gasteiger partial charge in [0.15, 0.2) is 0 Å². The highest BCUT2D eigenvalue weighted by molar-refractivity contribution is 7.89. The van der Waals surface area contributed by atoms with Crippen LogP contribution in [0.4, 0.5) is 0 Å². The van der Waals surface area contributed by atoms with Crippen molar-refractivity contribution < 1.29 is 18.3 Å². The van der Waals surface area contributed by atoms with Gasteiger partial charge in [0.05, 0.1) is 4.90 Å². The number of carboxylic acid groups (broad SMARTS) is 1. The molecule has 0 spiro atoms. The molecule has 0 aliphatic heterocycles. The lowest BCUT2D eigenvalue weighted by molar-refractivity contribution is -0.138. The number of carbonyl (C=O) groups is 1. The summed E-state index contributed by atoms with van der Waals surface area (Å²) in [6.45, 7) is 1.75. The van der Waals surface area contributed by atoms with Gasteiger partial charge in [-0.1, -0.05) is 12.1 Å². The average molecular weight is 267 g/mol. The molecule has 0 bridgehead atoms. The van der Waals surface area contributed by atoms with E-state index in [1.807, 2.05) is 0 Å². The van der Waals surface area contributed by atoms with Crippen molar-refractivity contribution in [3.05, 3.63) is 29.8 Å². The minimum atomic E-state index is -3.88. The van der Waals surface area contributed by atoms with E-state index < -0.39 is 22.0 Å². The second kappa shape index (κ2) is 5.67. The molecule has 5 nitrogen and oxygen atoms in total. The predicted molar refractivity (Wildman–Crippen MR) is 66.4 cm³/mol. The lowest BCUT2D eigenvalue weighted by Gasteiger charge is -2.12. The Balaban J connectivity index is 3.01. The van der Waals surface area contributed by atoms with E-state index in [9.17, 15) is 13.2 Å². The van der Waals surface area contributed by atoms with Gasteiger partial charge in [-0.3, -0.25) is 4.79 Å². The third-order valence-electron chi connectivity index (χ3n) is 2.22. The van der Waals surface area contributed by atoms with Crippen LogP contribution in [0.3, 0.4) is 0 Å². The number of sulfonamides is 1. The smallest absolute Gasteiger partial charge is 0.322 e. The van der Waals surface area contributed by atoms with Crippen molar-refractivity contribution in [2.24, 2.45) is 0 Å². The Hall–Kier alpha value is -1.84. The molecule has 1 rings (SSSR count). The number of terminal acetylenes is 1. The Morgan fingerprint density at radius 2 is 2.22 bits per heavy atom. The number of nitrogens with one attached hydrogen (secondary N) is 1. The quantitative estimate of drug-likeness (QED) is 0.771. The zero-order chi connectivity index (χ0) is 13.8. The Morgan fingerprint density at radius 1 is 1.56 bits per heavy atom. The number of hydrogen-bond donors (Lipinski definition) is 2. The second-order valence-electron chi connectivity index (χ2n) is 3.74. The highest BCUT2D eigenvalue weighted by atomic mass is 32.2. The van der Waals surface area contributed by atoms with Gasteiger partial charge in [-0.2, -0.15) is 4.72 Å². The highest BCUT2D eigenvalue weighted by Gasteiger charge is 2.24. The van der Waals surface area contributed by atoms with Gasteiger partial charge in [-0.15, -0.1) is 12.3 Å². The molecular weight excluding hydrogens is 254 g/mol. The molecule has 0 aliphatic carbocycles. The van der Waals surface area contributed by atoms with Crippen LogP contribution in [0.2, 0.25) is 0 Å². The first-order chi connectivity index (χ1) is 8.36. The summed E-state index contributed by atoms with van der Waals surface area (Å²) in [5.41, 5.74) is 0.765. The number of aliphatic carboxylic acids is 1. The molecule has 0 amide bonds. The van der Waals surface area contributed by atoms with Gasteiger partial charge < -0.3 is 5.11 Å². The average Bonchev–Trinajstić information content (AvgIpc) is 2.28. The van der Waals surface area contributed by atoms with Gasteiger partial charge >= 0.3 is 5.97 Å². The van der Waals surface area contributed by atoms with E-state index in [1.54, 1.807) is 19.1 Å². The van der Waals surface area contributed by atoms with Gasteiger partial charge in [-0.05, 0) is 24.6 Å². The van der Waals surface area contributed by atoms with Crippen molar-refractivity contribution in [3.63, 3.8) is 0 Å². The van der Waals surface area contributed by atoms with Crippen LogP contribution in [0.5, 0.6) is 0 Å². The van der Waals surface area contributed by atoms with Crippen LogP contribution >= 0.6 is 0 Å². The van der Waals surface area contributed by atoms with E-state index in [-0.39, 0.29) is 11.3 Å². The monoisotopic (exact) mass is 267 g/mol. The maximum atomic E-state index is 11.9. The van der Waals surface area contributed by atoms with Crippen LogP contribution in [-0.2, 0) is 14.8 Å². The molecule has 0 aromatic heterocycles. The Labute approximate surface area is 106 Å². The summed E-state index contributed by atoms with van der Waals surface area (Å²) in [5, 5.41) is 8.85. The van der Waals surface area contributed by atoms with E-state index in [0.717, 1.165) is 5.56 Å². The van der Waals surface area contributed by atoms with Gasteiger partial charge in [0.1, 0.15) is 6.04 Å². The first-order valence-electron chi connectivity index (χ1n) is 5.12. The largest absolute Gasteiger partial charge is 0.480 e. The fourth-order valence-electron chi connectivity index (χ4n) is 1.34. The Morgan fingerprint density at radius 3 is 2.72 bits per heavy atom. The molecular formula is C12H13NO4S. The lowest BCUT2D eigenvalue weighted by Crippen LogP contribution is -2.40. The van der Waals surface area contributed by atoms with Gasteiger partial charge in [0.25, 0.3) is 0 Å². The molecule has 96 valence electrons.